The van der Waals surface area contributed by atoms with Crippen molar-refractivity contribution in [3.05, 3.63) is 35.9 Å². The molecular weight excluding hydrogens is 372 g/mol. The molecule has 0 N–H and O–H groups in total. The van der Waals surface area contributed by atoms with Gasteiger partial charge in [0, 0.05) is 10.8 Å². The second-order valence-corrected chi connectivity index (χ2v) is 8.82. The van der Waals surface area contributed by atoms with E-state index in [0.29, 0.717) is 11.5 Å². The summed E-state index contributed by atoms with van der Waals surface area (Å²) in [5, 5.41) is 1.57. The van der Waals surface area contributed by atoms with Crippen LogP contribution >= 0.6 is 0 Å². The quantitative estimate of drug-likeness (QED) is 0.658. The molecule has 0 unspecified atom stereocenters. The molecule has 6 heteroatoms. The van der Waals surface area contributed by atoms with Gasteiger partial charge >= 0.3 is 11.9 Å². The van der Waals surface area contributed by atoms with E-state index in [1.54, 1.807) is 26.8 Å². The Morgan fingerprint density at radius 1 is 0.793 bits per heavy atom. The molecule has 0 atom stereocenters. The molecule has 0 spiro atoms. The van der Waals surface area contributed by atoms with Gasteiger partial charge in [0.1, 0.15) is 22.7 Å². The van der Waals surface area contributed by atoms with Crippen molar-refractivity contribution in [1.29, 1.82) is 0 Å². The van der Waals surface area contributed by atoms with Crippen molar-refractivity contribution in [2.45, 2.75) is 59.7 Å². The molecule has 0 aliphatic carbocycles. The van der Waals surface area contributed by atoms with Gasteiger partial charge in [-0.25, -0.2) is 9.59 Å². The number of fused-ring (bicyclic) bond motifs is 1. The SMILES string of the molecule is Cc1cc(OCC(=O)OC(C)(C)C)c2ccccc2c1OCC(=O)OC(C)(C)C. The van der Waals surface area contributed by atoms with Crippen molar-refractivity contribution in [3.63, 3.8) is 0 Å². The molecule has 29 heavy (non-hydrogen) atoms. The summed E-state index contributed by atoms with van der Waals surface area (Å²) in [4.78, 5) is 24.0. The molecule has 2 rings (SSSR count). The molecule has 2 aromatic carbocycles. The maximum Gasteiger partial charge on any atom is 0.344 e. The predicted molar refractivity (Wildman–Crippen MR) is 111 cm³/mol. The molecule has 0 heterocycles. The van der Waals surface area contributed by atoms with E-state index in [9.17, 15) is 9.59 Å². The number of aryl methyl sites for hydroxylation is 1. The van der Waals surface area contributed by atoms with E-state index in [-0.39, 0.29) is 13.2 Å². The Balaban J connectivity index is 2.21. The van der Waals surface area contributed by atoms with Gasteiger partial charge in [-0.1, -0.05) is 24.3 Å². The van der Waals surface area contributed by atoms with Crippen LogP contribution in [0, 0.1) is 6.92 Å². The van der Waals surface area contributed by atoms with Gasteiger partial charge in [0.2, 0.25) is 0 Å². The van der Waals surface area contributed by atoms with E-state index >= 15 is 0 Å². The standard InChI is InChI=1S/C23H30O6/c1-15-12-18(26-13-19(24)28-22(2,3)4)16-10-8-9-11-17(16)21(15)27-14-20(25)29-23(5,6)7/h8-12H,13-14H2,1-7H3. The topological polar surface area (TPSA) is 71.1 Å². The summed E-state index contributed by atoms with van der Waals surface area (Å²) in [7, 11) is 0. The molecule has 0 fully saturated rings. The lowest BCUT2D eigenvalue weighted by Crippen LogP contribution is -2.27. The lowest BCUT2D eigenvalue weighted by molar-refractivity contribution is -0.158. The van der Waals surface area contributed by atoms with Gasteiger partial charge in [0.15, 0.2) is 13.2 Å². The second kappa shape index (κ2) is 8.72. The summed E-state index contributed by atoms with van der Waals surface area (Å²) >= 11 is 0. The molecule has 0 aliphatic heterocycles. The van der Waals surface area contributed by atoms with Crippen molar-refractivity contribution >= 4 is 22.7 Å². The summed E-state index contributed by atoms with van der Waals surface area (Å²) in [6, 6.07) is 9.29. The highest BCUT2D eigenvalue weighted by Crippen LogP contribution is 2.36. The third-order valence-electron chi connectivity index (χ3n) is 3.66. The molecule has 0 aliphatic rings. The van der Waals surface area contributed by atoms with E-state index in [1.807, 2.05) is 52.0 Å². The van der Waals surface area contributed by atoms with E-state index in [0.717, 1.165) is 16.3 Å². The molecule has 158 valence electrons. The summed E-state index contributed by atoms with van der Waals surface area (Å²) in [5.41, 5.74) is -0.360. The summed E-state index contributed by atoms with van der Waals surface area (Å²) in [6.45, 7) is 12.3. The molecule has 0 saturated carbocycles. The normalized spacial score (nSPS) is 11.8. The lowest BCUT2D eigenvalue weighted by atomic mass is 10.0. The number of ether oxygens (including phenoxy) is 4. The van der Waals surface area contributed by atoms with Gasteiger partial charge in [-0.2, -0.15) is 0 Å². The molecule has 0 saturated heterocycles. The van der Waals surface area contributed by atoms with Crippen LogP contribution in [0.2, 0.25) is 0 Å². The number of hydrogen-bond donors (Lipinski definition) is 0. The highest BCUT2D eigenvalue weighted by Gasteiger charge is 2.20. The van der Waals surface area contributed by atoms with Crippen LogP contribution < -0.4 is 9.47 Å². The molecule has 0 radical (unpaired) electrons. The van der Waals surface area contributed by atoms with Crippen LogP contribution in [0.1, 0.15) is 47.1 Å². The minimum absolute atomic E-state index is 0.194. The van der Waals surface area contributed by atoms with Crippen LogP contribution in [-0.2, 0) is 19.1 Å². The fourth-order valence-corrected chi connectivity index (χ4v) is 2.77. The molecular formula is C23H30O6. The highest BCUT2D eigenvalue weighted by atomic mass is 16.6. The van der Waals surface area contributed by atoms with E-state index in [2.05, 4.69) is 0 Å². The van der Waals surface area contributed by atoms with Gasteiger partial charge in [-0.3, -0.25) is 0 Å². The Kier molecular flexibility index (Phi) is 6.77. The van der Waals surface area contributed by atoms with E-state index < -0.39 is 23.1 Å². The fourth-order valence-electron chi connectivity index (χ4n) is 2.77. The zero-order chi connectivity index (χ0) is 21.8. The maximum atomic E-state index is 12.0. The van der Waals surface area contributed by atoms with Crippen molar-refractivity contribution < 1.29 is 28.5 Å². The first kappa shape index (κ1) is 22.5. The first-order chi connectivity index (χ1) is 13.4. The number of hydrogen-bond acceptors (Lipinski definition) is 6. The summed E-state index contributed by atoms with van der Waals surface area (Å²) in [6.07, 6.45) is 0. The second-order valence-electron chi connectivity index (χ2n) is 8.82. The monoisotopic (exact) mass is 402 g/mol. The highest BCUT2D eigenvalue weighted by molar-refractivity contribution is 5.95. The summed E-state index contributed by atoms with van der Waals surface area (Å²) in [5.74, 6) is 0.250. The number of esters is 2. The first-order valence-electron chi connectivity index (χ1n) is 9.57. The number of carbonyl (C=O) groups is 2. The number of rotatable bonds is 6. The van der Waals surface area contributed by atoms with Gasteiger partial charge in [-0.15, -0.1) is 0 Å². The Labute approximate surface area is 172 Å². The van der Waals surface area contributed by atoms with Crippen molar-refractivity contribution in [2.75, 3.05) is 13.2 Å². The van der Waals surface area contributed by atoms with Crippen molar-refractivity contribution in [2.24, 2.45) is 0 Å². The van der Waals surface area contributed by atoms with Gasteiger partial charge in [0.25, 0.3) is 0 Å². The molecule has 0 bridgehead atoms. The lowest BCUT2D eigenvalue weighted by Gasteiger charge is -2.21. The summed E-state index contributed by atoms with van der Waals surface area (Å²) < 4.78 is 22.1. The fraction of sp³-hybridized carbons (Fsp3) is 0.478. The van der Waals surface area contributed by atoms with Crippen LogP contribution in [0.4, 0.5) is 0 Å². The zero-order valence-corrected chi connectivity index (χ0v) is 18.3. The largest absolute Gasteiger partial charge is 0.481 e. The van der Waals surface area contributed by atoms with Crippen LogP contribution in [-0.4, -0.2) is 36.4 Å². The number of benzene rings is 2. The Bertz CT molecular complexity index is 887. The van der Waals surface area contributed by atoms with E-state index in [4.69, 9.17) is 18.9 Å². The minimum atomic E-state index is -0.573. The average molecular weight is 402 g/mol. The van der Waals surface area contributed by atoms with E-state index in [1.165, 1.54) is 0 Å². The van der Waals surface area contributed by atoms with Crippen molar-refractivity contribution in [1.82, 2.24) is 0 Å². The Morgan fingerprint density at radius 3 is 1.79 bits per heavy atom. The maximum absolute atomic E-state index is 12.0. The Morgan fingerprint density at radius 2 is 1.28 bits per heavy atom. The van der Waals surface area contributed by atoms with Gasteiger partial charge in [0.05, 0.1) is 0 Å². The minimum Gasteiger partial charge on any atom is -0.481 e. The average Bonchev–Trinajstić information content (AvgIpc) is 2.56. The molecule has 0 amide bonds. The third kappa shape index (κ3) is 6.97. The molecule has 0 aromatic heterocycles. The van der Waals surface area contributed by atoms with Crippen molar-refractivity contribution in [3.8, 4) is 11.5 Å². The van der Waals surface area contributed by atoms with Gasteiger partial charge in [-0.05, 0) is 60.1 Å². The predicted octanol–water partition coefficient (Wildman–Crippen LogP) is 4.59. The molecule has 2 aromatic rings. The number of carbonyl (C=O) groups excluding carboxylic acids is 2. The Hall–Kier alpha value is -2.76. The van der Waals surface area contributed by atoms with Crippen LogP contribution in [0.5, 0.6) is 11.5 Å². The van der Waals surface area contributed by atoms with Gasteiger partial charge < -0.3 is 18.9 Å². The van der Waals surface area contributed by atoms with Crippen LogP contribution in [0.25, 0.3) is 10.8 Å². The molecule has 6 nitrogen and oxygen atoms in total. The smallest absolute Gasteiger partial charge is 0.344 e. The van der Waals surface area contributed by atoms with Crippen LogP contribution in [0.3, 0.4) is 0 Å². The third-order valence-corrected chi connectivity index (χ3v) is 3.66. The van der Waals surface area contributed by atoms with Crippen LogP contribution in [0.15, 0.2) is 30.3 Å². The first-order valence-corrected chi connectivity index (χ1v) is 9.57. The zero-order valence-electron chi connectivity index (χ0n) is 18.3.